The number of aromatic nitrogens is 2. The molecule has 0 bridgehead atoms. The van der Waals surface area contributed by atoms with E-state index in [1.165, 1.54) is 0 Å². The lowest BCUT2D eigenvalue weighted by molar-refractivity contribution is -0.139. The summed E-state index contributed by atoms with van der Waals surface area (Å²) in [6, 6.07) is 3.16. The number of aliphatic carboxylic acids is 1. The minimum Gasteiger partial charge on any atom is -0.480 e. The Hall–Kier alpha value is -2.08. The number of nitrogens with zero attached hydrogens (tertiary/aromatic N) is 2. The molecule has 3 rings (SSSR count). The Balaban J connectivity index is 1.89. The minimum absolute atomic E-state index is 0.0395. The summed E-state index contributed by atoms with van der Waals surface area (Å²) in [7, 11) is 0. The van der Waals surface area contributed by atoms with Crippen LogP contribution in [0.2, 0.25) is 0 Å². The van der Waals surface area contributed by atoms with E-state index in [1.807, 2.05) is 23.6 Å². The Morgan fingerprint density at radius 3 is 3.21 bits per heavy atom. The van der Waals surface area contributed by atoms with Crippen molar-refractivity contribution < 1.29 is 14.3 Å². The molecule has 0 fully saturated rings. The van der Waals surface area contributed by atoms with E-state index in [-0.39, 0.29) is 6.04 Å². The summed E-state index contributed by atoms with van der Waals surface area (Å²) in [6.07, 6.45) is 3.80. The predicted octanol–water partition coefficient (Wildman–Crippen LogP) is 1.18. The lowest BCUT2D eigenvalue weighted by Crippen LogP contribution is -2.44. The first-order valence-electron chi connectivity index (χ1n) is 6.20. The minimum atomic E-state index is -0.835. The van der Waals surface area contributed by atoms with E-state index in [4.69, 9.17) is 9.52 Å². The van der Waals surface area contributed by atoms with Crippen molar-refractivity contribution in [3.63, 3.8) is 0 Å². The summed E-state index contributed by atoms with van der Waals surface area (Å²) >= 11 is 0. The standard InChI is InChI=1S/C13H15N3O3/c1-8-12-10(5-11(15-8)13(17)18)14-7-16(12)6-9-3-2-4-19-9/h2-4,7-8,11,15H,5-6H2,1H3,(H,17,18). The molecule has 2 atom stereocenters. The molecule has 0 saturated heterocycles. The third-order valence-electron chi connectivity index (χ3n) is 3.42. The topological polar surface area (TPSA) is 80.3 Å². The van der Waals surface area contributed by atoms with Crippen LogP contribution in [0.1, 0.15) is 30.1 Å². The van der Waals surface area contributed by atoms with E-state index in [2.05, 4.69) is 10.3 Å². The van der Waals surface area contributed by atoms with Crippen molar-refractivity contribution >= 4 is 5.97 Å². The van der Waals surface area contributed by atoms with Gasteiger partial charge in [0.25, 0.3) is 0 Å². The first-order chi connectivity index (χ1) is 9.15. The summed E-state index contributed by atoms with van der Waals surface area (Å²) in [5, 5.41) is 12.2. The van der Waals surface area contributed by atoms with E-state index in [0.717, 1.165) is 17.1 Å². The monoisotopic (exact) mass is 261 g/mol. The molecular weight excluding hydrogens is 246 g/mol. The molecule has 2 unspecified atom stereocenters. The number of rotatable bonds is 3. The van der Waals surface area contributed by atoms with Crippen LogP contribution in [0, 0.1) is 0 Å². The number of hydrogen-bond donors (Lipinski definition) is 2. The molecule has 2 aromatic heterocycles. The van der Waals surface area contributed by atoms with Gasteiger partial charge in [-0.3, -0.25) is 10.1 Å². The molecule has 0 saturated carbocycles. The van der Waals surface area contributed by atoms with Crippen molar-refractivity contribution in [2.24, 2.45) is 0 Å². The largest absolute Gasteiger partial charge is 0.480 e. The molecule has 19 heavy (non-hydrogen) atoms. The quantitative estimate of drug-likeness (QED) is 0.867. The van der Waals surface area contributed by atoms with Crippen molar-refractivity contribution in [3.05, 3.63) is 41.9 Å². The van der Waals surface area contributed by atoms with Gasteiger partial charge in [-0.2, -0.15) is 0 Å². The number of carboxylic acids is 1. The van der Waals surface area contributed by atoms with Gasteiger partial charge < -0.3 is 14.1 Å². The van der Waals surface area contributed by atoms with Crippen LogP contribution < -0.4 is 5.32 Å². The van der Waals surface area contributed by atoms with Gasteiger partial charge in [0.05, 0.1) is 30.5 Å². The summed E-state index contributed by atoms with van der Waals surface area (Å²) in [4.78, 5) is 15.4. The third-order valence-corrected chi connectivity index (χ3v) is 3.42. The fourth-order valence-electron chi connectivity index (χ4n) is 2.58. The van der Waals surface area contributed by atoms with Crippen LogP contribution in [0.4, 0.5) is 0 Å². The van der Waals surface area contributed by atoms with Crippen LogP contribution in [0.5, 0.6) is 0 Å². The normalized spacial score (nSPS) is 22.2. The van der Waals surface area contributed by atoms with Crippen molar-refractivity contribution in [1.82, 2.24) is 14.9 Å². The van der Waals surface area contributed by atoms with E-state index in [9.17, 15) is 4.79 Å². The number of carbonyl (C=O) groups is 1. The maximum atomic E-state index is 11.1. The highest BCUT2D eigenvalue weighted by molar-refractivity contribution is 5.74. The van der Waals surface area contributed by atoms with E-state index >= 15 is 0 Å². The zero-order chi connectivity index (χ0) is 13.4. The first kappa shape index (κ1) is 12.0. The Morgan fingerprint density at radius 1 is 1.68 bits per heavy atom. The fourth-order valence-corrected chi connectivity index (χ4v) is 2.58. The van der Waals surface area contributed by atoms with E-state index in [1.54, 1.807) is 12.6 Å². The van der Waals surface area contributed by atoms with Gasteiger partial charge in [0.1, 0.15) is 11.8 Å². The Labute approximate surface area is 110 Å². The highest BCUT2D eigenvalue weighted by atomic mass is 16.4. The Bertz CT molecular complexity index is 588. The predicted molar refractivity (Wildman–Crippen MR) is 66.7 cm³/mol. The van der Waals surface area contributed by atoms with Crippen LogP contribution in [0.3, 0.4) is 0 Å². The van der Waals surface area contributed by atoms with Gasteiger partial charge >= 0.3 is 5.97 Å². The van der Waals surface area contributed by atoms with Gasteiger partial charge in [-0.05, 0) is 19.1 Å². The van der Waals surface area contributed by atoms with Gasteiger partial charge in [0.2, 0.25) is 0 Å². The van der Waals surface area contributed by atoms with Crippen molar-refractivity contribution in [2.45, 2.75) is 32.0 Å². The molecule has 2 N–H and O–H groups in total. The molecule has 0 amide bonds. The number of carboxylic acid groups (broad SMARTS) is 1. The highest BCUT2D eigenvalue weighted by Gasteiger charge is 2.31. The molecule has 0 spiro atoms. The van der Waals surface area contributed by atoms with Crippen LogP contribution in [0.15, 0.2) is 29.1 Å². The summed E-state index contributed by atoms with van der Waals surface area (Å²) in [5.41, 5.74) is 1.89. The van der Waals surface area contributed by atoms with E-state index in [0.29, 0.717) is 13.0 Å². The SMILES string of the molecule is CC1NC(C(=O)O)Cc2ncn(Cc3ccco3)c21. The molecule has 0 radical (unpaired) electrons. The second kappa shape index (κ2) is 4.55. The van der Waals surface area contributed by atoms with Crippen LogP contribution >= 0.6 is 0 Å². The number of furan rings is 1. The summed E-state index contributed by atoms with van der Waals surface area (Å²) in [6.45, 7) is 2.56. The maximum absolute atomic E-state index is 11.1. The van der Waals surface area contributed by atoms with Gasteiger partial charge in [-0.15, -0.1) is 0 Å². The number of imidazole rings is 1. The molecule has 100 valence electrons. The second-order valence-electron chi connectivity index (χ2n) is 4.77. The molecular formula is C13H15N3O3. The van der Waals surface area contributed by atoms with E-state index < -0.39 is 12.0 Å². The Morgan fingerprint density at radius 2 is 2.53 bits per heavy atom. The van der Waals surface area contributed by atoms with Gasteiger partial charge in [-0.25, -0.2) is 4.98 Å². The molecule has 3 heterocycles. The first-order valence-corrected chi connectivity index (χ1v) is 6.20. The van der Waals surface area contributed by atoms with Crippen molar-refractivity contribution in [1.29, 1.82) is 0 Å². The number of hydrogen-bond acceptors (Lipinski definition) is 4. The van der Waals surface area contributed by atoms with Crippen LogP contribution in [-0.4, -0.2) is 26.7 Å². The molecule has 1 aliphatic heterocycles. The highest BCUT2D eigenvalue weighted by Crippen LogP contribution is 2.25. The zero-order valence-corrected chi connectivity index (χ0v) is 10.5. The maximum Gasteiger partial charge on any atom is 0.321 e. The lowest BCUT2D eigenvalue weighted by atomic mass is 10.00. The van der Waals surface area contributed by atoms with Gasteiger partial charge in [0, 0.05) is 12.5 Å². The number of nitrogens with one attached hydrogen (secondary N) is 1. The average Bonchev–Trinajstić information content (AvgIpc) is 2.99. The van der Waals surface area contributed by atoms with Gasteiger partial charge in [0.15, 0.2) is 0 Å². The average molecular weight is 261 g/mol. The molecule has 1 aliphatic rings. The van der Waals surface area contributed by atoms with Crippen LogP contribution in [0.25, 0.3) is 0 Å². The molecule has 6 heteroatoms. The molecule has 2 aromatic rings. The summed E-state index contributed by atoms with van der Waals surface area (Å²) in [5.74, 6) is 0.0193. The Kier molecular flexibility index (Phi) is 2.87. The second-order valence-corrected chi connectivity index (χ2v) is 4.77. The summed E-state index contributed by atoms with van der Waals surface area (Å²) < 4.78 is 7.33. The van der Waals surface area contributed by atoms with Crippen LogP contribution in [-0.2, 0) is 17.8 Å². The van der Waals surface area contributed by atoms with Crippen molar-refractivity contribution in [3.8, 4) is 0 Å². The lowest BCUT2D eigenvalue weighted by Gasteiger charge is -2.27. The number of fused-ring (bicyclic) bond motifs is 1. The molecule has 6 nitrogen and oxygen atoms in total. The smallest absolute Gasteiger partial charge is 0.321 e. The van der Waals surface area contributed by atoms with Gasteiger partial charge in [-0.1, -0.05) is 0 Å². The molecule has 0 aliphatic carbocycles. The fraction of sp³-hybridized carbons (Fsp3) is 0.385. The molecule has 0 aromatic carbocycles. The van der Waals surface area contributed by atoms with Crippen molar-refractivity contribution in [2.75, 3.05) is 0 Å². The third kappa shape index (κ3) is 2.15. The zero-order valence-electron chi connectivity index (χ0n) is 10.5.